The van der Waals surface area contributed by atoms with Crippen LogP contribution in [0.25, 0.3) is 0 Å². The number of hydrogen-bond acceptors (Lipinski definition) is 2. The van der Waals surface area contributed by atoms with Gasteiger partial charge >= 0.3 is 0 Å². The average Bonchev–Trinajstić information content (AvgIpc) is 2.98. The molecule has 0 heterocycles. The summed E-state index contributed by atoms with van der Waals surface area (Å²) in [7, 11) is 2.03. The third-order valence-electron chi connectivity index (χ3n) is 9.06. The maximum atomic E-state index is 3.60. The van der Waals surface area contributed by atoms with Crippen LogP contribution in [0.15, 0.2) is 12.2 Å². The Balaban J connectivity index is 3.61. The van der Waals surface area contributed by atoms with Crippen molar-refractivity contribution >= 4 is 0 Å². The van der Waals surface area contributed by atoms with E-state index in [9.17, 15) is 0 Å². The van der Waals surface area contributed by atoms with Crippen molar-refractivity contribution < 1.29 is 0 Å². The van der Waals surface area contributed by atoms with Gasteiger partial charge in [-0.2, -0.15) is 0 Å². The van der Waals surface area contributed by atoms with Crippen LogP contribution >= 0.6 is 0 Å². The van der Waals surface area contributed by atoms with Crippen LogP contribution in [-0.4, -0.2) is 20.3 Å². The van der Waals surface area contributed by atoms with Crippen LogP contribution in [0, 0.1) is 5.92 Å². The van der Waals surface area contributed by atoms with Gasteiger partial charge < -0.3 is 10.6 Å². The first kappa shape index (κ1) is 40.7. The molecule has 1 unspecified atom stereocenters. The van der Waals surface area contributed by atoms with Crippen LogP contribution in [0.3, 0.4) is 0 Å². The highest BCUT2D eigenvalue weighted by Gasteiger charge is 2.06. The molecule has 0 saturated heterocycles. The van der Waals surface area contributed by atoms with Gasteiger partial charge in [-0.1, -0.05) is 199 Å². The molecule has 2 heteroatoms. The largest absolute Gasteiger partial charge is 0.308 e. The number of allylic oxidation sites excluding steroid dienone is 2. The first-order chi connectivity index (χ1) is 20.3. The predicted molar refractivity (Wildman–Crippen MR) is 189 cm³/mol. The third-order valence-corrected chi connectivity index (χ3v) is 9.06. The highest BCUT2D eigenvalue weighted by molar-refractivity contribution is 4.84. The van der Waals surface area contributed by atoms with E-state index < -0.39 is 0 Å². The zero-order chi connectivity index (χ0) is 29.7. The molecule has 0 rings (SSSR count). The van der Waals surface area contributed by atoms with Gasteiger partial charge in [0.1, 0.15) is 0 Å². The molecule has 0 saturated carbocycles. The molecule has 0 aromatic carbocycles. The highest BCUT2D eigenvalue weighted by atomic mass is 15.0. The number of unbranched alkanes of at least 4 members (excludes halogenated alkanes) is 27. The molecule has 0 aliphatic rings. The first-order valence-corrected chi connectivity index (χ1v) is 19.3. The topological polar surface area (TPSA) is 24.1 Å². The van der Waals surface area contributed by atoms with Crippen LogP contribution in [0.1, 0.15) is 213 Å². The lowest BCUT2D eigenvalue weighted by Crippen LogP contribution is -2.30. The van der Waals surface area contributed by atoms with Gasteiger partial charge in [-0.3, -0.25) is 0 Å². The quantitative estimate of drug-likeness (QED) is 0.0440. The van der Waals surface area contributed by atoms with E-state index in [1.165, 1.54) is 199 Å². The number of hydrogen-bond donors (Lipinski definition) is 2. The van der Waals surface area contributed by atoms with Crippen molar-refractivity contribution in [1.29, 1.82) is 0 Å². The Bertz CT molecular complexity index is 474. The highest BCUT2D eigenvalue weighted by Crippen LogP contribution is 2.18. The fraction of sp³-hybridized carbons (Fsp3) is 0.949. The lowest BCUT2D eigenvalue weighted by Gasteiger charge is -2.16. The average molecular weight is 577 g/mol. The molecule has 41 heavy (non-hydrogen) atoms. The zero-order valence-electron chi connectivity index (χ0n) is 29.1. The first-order valence-electron chi connectivity index (χ1n) is 19.3. The van der Waals surface area contributed by atoms with Gasteiger partial charge in [-0.25, -0.2) is 0 Å². The minimum Gasteiger partial charge on any atom is -0.308 e. The second kappa shape index (κ2) is 37.7. The molecule has 1 atom stereocenters. The van der Waals surface area contributed by atoms with E-state index in [1.54, 1.807) is 0 Å². The summed E-state index contributed by atoms with van der Waals surface area (Å²) in [4.78, 5) is 0. The van der Waals surface area contributed by atoms with E-state index in [0.29, 0.717) is 0 Å². The molecule has 0 aliphatic heterocycles. The van der Waals surface area contributed by atoms with Crippen LogP contribution in [0.5, 0.6) is 0 Å². The number of rotatable bonds is 36. The second-order valence-corrected chi connectivity index (χ2v) is 13.3. The Morgan fingerprint density at radius 1 is 0.439 bits per heavy atom. The lowest BCUT2D eigenvalue weighted by molar-refractivity contribution is 0.419. The summed E-state index contributed by atoms with van der Waals surface area (Å²) in [6.07, 6.45) is 49.5. The summed E-state index contributed by atoms with van der Waals surface area (Å²) in [6, 6.07) is 0. The summed E-state index contributed by atoms with van der Waals surface area (Å²) < 4.78 is 0. The molecule has 0 spiro atoms. The van der Waals surface area contributed by atoms with Crippen molar-refractivity contribution in [2.45, 2.75) is 213 Å². The lowest BCUT2D eigenvalue weighted by atomic mass is 9.96. The Morgan fingerprint density at radius 2 is 0.805 bits per heavy atom. The Morgan fingerprint density at radius 3 is 1.20 bits per heavy atom. The SMILES string of the molecule is CCCCCCCCCCCCCCC/C=C/CC(CCCCCCCCCCCCCCCCC)CNCNC. The fourth-order valence-corrected chi connectivity index (χ4v) is 6.20. The summed E-state index contributed by atoms with van der Waals surface area (Å²) in [5.41, 5.74) is 0. The summed E-state index contributed by atoms with van der Waals surface area (Å²) >= 11 is 0. The molecule has 0 fully saturated rings. The molecular weight excluding hydrogens is 496 g/mol. The molecule has 2 nitrogen and oxygen atoms in total. The van der Waals surface area contributed by atoms with Crippen molar-refractivity contribution in [2.24, 2.45) is 5.92 Å². The second-order valence-electron chi connectivity index (χ2n) is 13.3. The van der Waals surface area contributed by atoms with Gasteiger partial charge in [-0.05, 0) is 45.2 Å². The van der Waals surface area contributed by atoms with E-state index in [2.05, 4.69) is 36.6 Å². The minimum atomic E-state index is 0.799. The maximum absolute atomic E-state index is 3.60. The Labute approximate surface area is 261 Å². The van der Waals surface area contributed by atoms with E-state index in [4.69, 9.17) is 0 Å². The Kier molecular flexibility index (Phi) is 37.4. The van der Waals surface area contributed by atoms with Gasteiger partial charge in [0, 0.05) is 6.67 Å². The molecule has 0 radical (unpaired) electrons. The monoisotopic (exact) mass is 577 g/mol. The normalized spacial score (nSPS) is 12.6. The molecule has 0 aromatic rings. The molecule has 0 aliphatic carbocycles. The van der Waals surface area contributed by atoms with Gasteiger partial charge in [-0.15, -0.1) is 0 Å². The maximum Gasteiger partial charge on any atom is 0.0451 e. The standard InChI is InChI=1S/C39H80N2/c1-4-6-8-10-12-14-16-18-20-22-24-26-28-30-32-34-36-39(37-41-38-40-3)35-33-31-29-27-25-23-21-19-17-15-13-11-9-7-5-2/h32,34,39-41H,4-31,33,35-38H2,1-3H3/b34-32+. The van der Waals surface area contributed by atoms with Crippen LogP contribution < -0.4 is 10.6 Å². The van der Waals surface area contributed by atoms with E-state index in [0.717, 1.165) is 19.1 Å². The third kappa shape index (κ3) is 35.8. The van der Waals surface area contributed by atoms with Crippen LogP contribution in [0.2, 0.25) is 0 Å². The van der Waals surface area contributed by atoms with Crippen molar-refractivity contribution in [3.8, 4) is 0 Å². The molecule has 246 valence electrons. The molecule has 0 amide bonds. The van der Waals surface area contributed by atoms with Crippen molar-refractivity contribution in [3.05, 3.63) is 12.2 Å². The smallest absolute Gasteiger partial charge is 0.0451 e. The summed E-state index contributed by atoms with van der Waals surface area (Å²) in [5, 5.41) is 6.84. The van der Waals surface area contributed by atoms with Gasteiger partial charge in [0.15, 0.2) is 0 Å². The molecule has 0 aromatic heterocycles. The van der Waals surface area contributed by atoms with Crippen molar-refractivity contribution in [1.82, 2.24) is 10.6 Å². The molecule has 0 bridgehead atoms. The predicted octanol–water partition coefficient (Wildman–Crippen LogP) is 13.1. The van der Waals surface area contributed by atoms with E-state index >= 15 is 0 Å². The minimum absolute atomic E-state index is 0.799. The van der Waals surface area contributed by atoms with E-state index in [-0.39, 0.29) is 0 Å². The molecule has 2 N–H and O–H groups in total. The van der Waals surface area contributed by atoms with E-state index in [1.807, 2.05) is 7.05 Å². The fourth-order valence-electron chi connectivity index (χ4n) is 6.20. The molecular formula is C39H80N2. The summed E-state index contributed by atoms with van der Waals surface area (Å²) in [6.45, 7) is 6.70. The van der Waals surface area contributed by atoms with Crippen LogP contribution in [0.4, 0.5) is 0 Å². The zero-order valence-corrected chi connectivity index (χ0v) is 29.1. The van der Waals surface area contributed by atoms with Crippen molar-refractivity contribution in [2.75, 3.05) is 20.3 Å². The van der Waals surface area contributed by atoms with Crippen molar-refractivity contribution in [3.63, 3.8) is 0 Å². The Hall–Kier alpha value is -0.340. The number of nitrogens with one attached hydrogen (secondary N) is 2. The van der Waals surface area contributed by atoms with Gasteiger partial charge in [0.2, 0.25) is 0 Å². The van der Waals surface area contributed by atoms with Gasteiger partial charge in [0.05, 0.1) is 0 Å². The van der Waals surface area contributed by atoms with Gasteiger partial charge in [0.25, 0.3) is 0 Å². The summed E-state index contributed by atoms with van der Waals surface area (Å²) in [5.74, 6) is 0.799. The van der Waals surface area contributed by atoms with Crippen LogP contribution in [-0.2, 0) is 0 Å².